The van der Waals surface area contributed by atoms with Crippen LogP contribution in [0, 0.1) is 0 Å². The summed E-state index contributed by atoms with van der Waals surface area (Å²) in [6.45, 7) is 3.73. The summed E-state index contributed by atoms with van der Waals surface area (Å²) >= 11 is 0. The molecule has 0 heterocycles. The first-order valence-electron chi connectivity index (χ1n) is 10.1. The summed E-state index contributed by atoms with van der Waals surface area (Å²) < 4.78 is 35.9. The van der Waals surface area contributed by atoms with E-state index in [-0.39, 0.29) is 35.7 Å². The van der Waals surface area contributed by atoms with Crippen molar-refractivity contribution in [1.29, 1.82) is 0 Å². The summed E-state index contributed by atoms with van der Waals surface area (Å²) in [6, 6.07) is 0. The molecule has 0 rings (SSSR count). The first-order chi connectivity index (χ1) is 11.9. The van der Waals surface area contributed by atoms with E-state index in [0.29, 0.717) is 0 Å². The second kappa shape index (κ2) is 19.2. The monoisotopic (exact) mass is 404 g/mol. The van der Waals surface area contributed by atoms with Gasteiger partial charge in [-0.2, -0.15) is 8.42 Å². The van der Waals surface area contributed by atoms with Crippen LogP contribution < -0.4 is 0 Å². The molecule has 154 valence electrons. The van der Waals surface area contributed by atoms with Crippen LogP contribution in [0.4, 0.5) is 0 Å². The van der Waals surface area contributed by atoms with Gasteiger partial charge in [-0.3, -0.25) is 4.55 Å². The van der Waals surface area contributed by atoms with Gasteiger partial charge in [-0.15, -0.1) is 0 Å². The standard InChI is InChI=1S/C19H40O5S.Na.H/c1-3-4-5-6-7-8-9-10-11-12-13-14-15-18(2)24-19(16-20)17-25(21,22)23;;/h18-20H,3-17H2,1-2H3,(H,21,22,23);;. The van der Waals surface area contributed by atoms with Crippen molar-refractivity contribution in [2.24, 2.45) is 0 Å². The Hall–Kier alpha value is 0.830. The normalized spacial score (nSPS) is 14.0. The van der Waals surface area contributed by atoms with Crippen molar-refractivity contribution in [3.8, 4) is 0 Å². The summed E-state index contributed by atoms with van der Waals surface area (Å²) in [5.41, 5.74) is 0. The van der Waals surface area contributed by atoms with Gasteiger partial charge in [0.15, 0.2) is 0 Å². The third-order valence-electron chi connectivity index (χ3n) is 4.49. The van der Waals surface area contributed by atoms with Crippen LogP contribution in [0.1, 0.15) is 97.3 Å². The molecule has 0 aromatic heterocycles. The molecule has 0 spiro atoms. The fourth-order valence-electron chi connectivity index (χ4n) is 3.04. The van der Waals surface area contributed by atoms with Crippen LogP contribution in [0.15, 0.2) is 0 Å². The van der Waals surface area contributed by atoms with Gasteiger partial charge < -0.3 is 9.84 Å². The topological polar surface area (TPSA) is 83.8 Å². The second-order valence-electron chi connectivity index (χ2n) is 7.18. The third-order valence-corrected chi connectivity index (χ3v) is 5.28. The van der Waals surface area contributed by atoms with Crippen molar-refractivity contribution in [2.75, 3.05) is 12.4 Å². The molecular formula is C19H41NaO5S. The van der Waals surface area contributed by atoms with E-state index in [1.807, 2.05) is 6.92 Å². The zero-order chi connectivity index (χ0) is 19.0. The Labute approximate surface area is 183 Å². The Morgan fingerprint density at radius 2 is 1.27 bits per heavy atom. The van der Waals surface area contributed by atoms with Gasteiger partial charge in [0.25, 0.3) is 10.1 Å². The van der Waals surface area contributed by atoms with Crippen LogP contribution in [0.25, 0.3) is 0 Å². The quantitative estimate of drug-likeness (QED) is 0.204. The second-order valence-corrected chi connectivity index (χ2v) is 8.67. The minimum atomic E-state index is -4.11. The molecule has 0 fully saturated rings. The minimum absolute atomic E-state index is 0. The zero-order valence-corrected chi connectivity index (χ0v) is 17.1. The van der Waals surface area contributed by atoms with Crippen molar-refractivity contribution in [1.82, 2.24) is 0 Å². The van der Waals surface area contributed by atoms with Crippen LogP contribution in [0.5, 0.6) is 0 Å². The summed E-state index contributed by atoms with van der Waals surface area (Å²) in [5.74, 6) is -0.549. The van der Waals surface area contributed by atoms with Crippen molar-refractivity contribution in [2.45, 2.75) is 110 Å². The van der Waals surface area contributed by atoms with Crippen molar-refractivity contribution in [3.05, 3.63) is 0 Å². The fourth-order valence-corrected chi connectivity index (χ4v) is 3.69. The number of hydrogen-bond acceptors (Lipinski definition) is 4. The van der Waals surface area contributed by atoms with Gasteiger partial charge in [0, 0.05) is 0 Å². The van der Waals surface area contributed by atoms with Crippen LogP contribution >= 0.6 is 0 Å². The van der Waals surface area contributed by atoms with Crippen LogP contribution in [0.3, 0.4) is 0 Å². The van der Waals surface area contributed by atoms with E-state index in [4.69, 9.17) is 14.4 Å². The molecule has 2 unspecified atom stereocenters. The molecule has 0 amide bonds. The van der Waals surface area contributed by atoms with Crippen molar-refractivity contribution < 1.29 is 22.8 Å². The molecule has 0 radical (unpaired) electrons. The number of unbranched alkanes of at least 4 members (excludes halogenated alkanes) is 11. The molecule has 7 heteroatoms. The molecule has 0 bridgehead atoms. The van der Waals surface area contributed by atoms with Gasteiger partial charge in [0.2, 0.25) is 0 Å². The SMILES string of the molecule is CCCCCCCCCCCCCCC(C)OC(CO)CS(=O)(=O)O.[NaH]. The van der Waals surface area contributed by atoms with E-state index in [9.17, 15) is 8.42 Å². The summed E-state index contributed by atoms with van der Waals surface area (Å²) in [5, 5.41) is 9.11. The Morgan fingerprint density at radius 3 is 1.65 bits per heavy atom. The van der Waals surface area contributed by atoms with E-state index >= 15 is 0 Å². The molecule has 5 nitrogen and oxygen atoms in total. The number of hydrogen-bond donors (Lipinski definition) is 2. The van der Waals surface area contributed by atoms with Crippen molar-refractivity contribution in [3.63, 3.8) is 0 Å². The third kappa shape index (κ3) is 21.1. The Morgan fingerprint density at radius 1 is 0.846 bits per heavy atom. The fraction of sp³-hybridized carbons (Fsp3) is 1.00. The Bertz CT molecular complexity index is 389. The molecule has 0 aliphatic carbocycles. The number of rotatable bonds is 18. The summed E-state index contributed by atoms with van der Waals surface area (Å²) in [6.07, 6.45) is 15.5. The maximum atomic E-state index is 10.8. The van der Waals surface area contributed by atoms with Gasteiger partial charge >= 0.3 is 29.6 Å². The molecule has 0 aliphatic heterocycles. The van der Waals surface area contributed by atoms with Crippen LogP contribution in [-0.4, -0.2) is 72.2 Å². The molecule has 0 aliphatic rings. The molecule has 0 aromatic rings. The van der Waals surface area contributed by atoms with E-state index in [1.54, 1.807) is 0 Å². The molecule has 0 aromatic carbocycles. The molecule has 26 heavy (non-hydrogen) atoms. The molecule has 2 N–H and O–H groups in total. The summed E-state index contributed by atoms with van der Waals surface area (Å²) in [7, 11) is -4.11. The van der Waals surface area contributed by atoms with Gasteiger partial charge in [-0.1, -0.05) is 84.0 Å². The average Bonchev–Trinajstić information content (AvgIpc) is 2.54. The van der Waals surface area contributed by atoms with Crippen molar-refractivity contribution >= 4 is 39.7 Å². The predicted octanol–water partition coefficient (Wildman–Crippen LogP) is 4.08. The Balaban J connectivity index is 0. The first-order valence-corrected chi connectivity index (χ1v) is 11.7. The summed E-state index contributed by atoms with van der Waals surface area (Å²) in [4.78, 5) is 0. The van der Waals surface area contributed by atoms with E-state index in [2.05, 4.69) is 6.92 Å². The zero-order valence-electron chi connectivity index (χ0n) is 16.3. The van der Waals surface area contributed by atoms with E-state index < -0.39 is 28.6 Å². The number of aliphatic hydroxyl groups excluding tert-OH is 1. The van der Waals surface area contributed by atoms with E-state index in [0.717, 1.165) is 19.3 Å². The average molecular weight is 405 g/mol. The predicted molar refractivity (Wildman–Crippen MR) is 111 cm³/mol. The first kappa shape index (κ1) is 29.0. The number of aliphatic hydroxyl groups is 1. The van der Waals surface area contributed by atoms with Gasteiger partial charge in [0.05, 0.1) is 18.8 Å². The van der Waals surface area contributed by atoms with Crippen LogP contribution in [0.2, 0.25) is 0 Å². The van der Waals surface area contributed by atoms with Gasteiger partial charge in [-0.05, 0) is 13.3 Å². The molecule has 0 saturated heterocycles. The van der Waals surface area contributed by atoms with Crippen LogP contribution in [-0.2, 0) is 14.9 Å². The van der Waals surface area contributed by atoms with Gasteiger partial charge in [-0.25, -0.2) is 0 Å². The number of ether oxygens (including phenoxy) is 1. The van der Waals surface area contributed by atoms with Gasteiger partial charge in [0.1, 0.15) is 5.75 Å². The molecule has 2 atom stereocenters. The van der Waals surface area contributed by atoms with E-state index in [1.165, 1.54) is 64.2 Å². The maximum absolute atomic E-state index is 10.8. The molecular weight excluding hydrogens is 363 g/mol. The molecule has 0 saturated carbocycles. The Kier molecular flexibility index (Phi) is 21.4.